The fourth-order valence-corrected chi connectivity index (χ4v) is 2.89. The van der Waals surface area contributed by atoms with Crippen molar-refractivity contribution in [1.82, 2.24) is 4.90 Å². The average Bonchev–Trinajstić information content (AvgIpc) is 2.90. The lowest BCUT2D eigenvalue weighted by Gasteiger charge is -2.29. The second kappa shape index (κ2) is 5.73. The summed E-state index contributed by atoms with van der Waals surface area (Å²) in [6.45, 7) is 1.70. The maximum atomic E-state index is 13.2. The van der Waals surface area contributed by atoms with Gasteiger partial charge in [-0.2, -0.15) is 18.3 Å². The molecule has 6 nitrogen and oxygen atoms in total. The number of azo groups is 1. The molecule has 0 spiro atoms. The quantitative estimate of drug-likeness (QED) is 0.901. The highest BCUT2D eigenvalue weighted by Gasteiger charge is 2.50. The molecule has 0 saturated carbocycles. The molecule has 3 rings (SSSR count). The van der Waals surface area contributed by atoms with Gasteiger partial charge in [-0.05, 0) is 17.2 Å². The molecule has 0 bridgehead atoms. The number of halogens is 3. The highest BCUT2D eigenvalue weighted by Crippen LogP contribution is 2.40. The monoisotopic (exact) mass is 338 g/mol. The van der Waals surface area contributed by atoms with Crippen molar-refractivity contribution in [2.75, 3.05) is 5.32 Å². The van der Waals surface area contributed by atoms with Crippen LogP contribution in [0.4, 0.5) is 18.9 Å². The van der Waals surface area contributed by atoms with Crippen LogP contribution in [-0.2, 0) is 22.7 Å². The molecule has 1 N–H and O–H groups in total. The molecule has 1 atom stereocenters. The second-order valence-electron chi connectivity index (χ2n) is 5.56. The number of fused-ring (bicyclic) bond motifs is 1. The number of benzene rings is 1. The van der Waals surface area contributed by atoms with E-state index in [9.17, 15) is 22.8 Å². The van der Waals surface area contributed by atoms with Crippen LogP contribution in [-0.4, -0.2) is 22.9 Å². The van der Waals surface area contributed by atoms with E-state index in [1.807, 2.05) is 0 Å². The Balaban J connectivity index is 1.92. The van der Waals surface area contributed by atoms with Crippen molar-refractivity contribution < 1.29 is 22.8 Å². The van der Waals surface area contributed by atoms with Crippen LogP contribution in [0.15, 0.2) is 40.3 Å². The summed E-state index contributed by atoms with van der Waals surface area (Å²) in [6, 6.07) is 5.18. The Morgan fingerprint density at radius 1 is 1.33 bits per heavy atom. The minimum atomic E-state index is -4.74. The zero-order valence-corrected chi connectivity index (χ0v) is 12.6. The number of rotatable bonds is 2. The Morgan fingerprint density at radius 3 is 2.75 bits per heavy atom. The highest BCUT2D eigenvalue weighted by atomic mass is 19.4. The zero-order valence-electron chi connectivity index (χ0n) is 12.6. The van der Waals surface area contributed by atoms with E-state index in [0.29, 0.717) is 5.69 Å². The van der Waals surface area contributed by atoms with Crippen LogP contribution in [0.3, 0.4) is 0 Å². The molecule has 0 fully saturated rings. The lowest BCUT2D eigenvalue weighted by atomic mass is 10.0. The first-order valence-corrected chi connectivity index (χ1v) is 7.12. The molecule has 2 heterocycles. The maximum Gasteiger partial charge on any atom is 0.406 e. The van der Waals surface area contributed by atoms with Crippen LogP contribution >= 0.6 is 0 Å². The van der Waals surface area contributed by atoms with Gasteiger partial charge in [-0.25, -0.2) is 0 Å². The SMILES string of the molecule is CC(=O)Nc1cccc2c1CN(C1=CN=NC(=O)C1C(F)(F)F)C2. The molecule has 0 aliphatic carbocycles. The Bertz CT molecular complexity index is 770. The molecule has 126 valence electrons. The lowest BCUT2D eigenvalue weighted by Crippen LogP contribution is -2.38. The van der Waals surface area contributed by atoms with Crippen LogP contribution in [0.25, 0.3) is 0 Å². The van der Waals surface area contributed by atoms with Gasteiger partial charge in [0.05, 0.1) is 11.9 Å². The molecular weight excluding hydrogens is 325 g/mol. The van der Waals surface area contributed by atoms with E-state index in [1.54, 1.807) is 18.2 Å². The van der Waals surface area contributed by atoms with Crippen LogP contribution in [0, 0.1) is 5.92 Å². The van der Waals surface area contributed by atoms with Crippen LogP contribution in [0.1, 0.15) is 18.1 Å². The molecule has 0 radical (unpaired) electrons. The normalized spacial score (nSPS) is 20.0. The van der Waals surface area contributed by atoms with Gasteiger partial charge >= 0.3 is 6.18 Å². The summed E-state index contributed by atoms with van der Waals surface area (Å²) in [4.78, 5) is 24.3. The summed E-state index contributed by atoms with van der Waals surface area (Å²) in [7, 11) is 0. The topological polar surface area (TPSA) is 74.1 Å². The number of carbonyl (C=O) groups excluding carboxylic acids is 2. The van der Waals surface area contributed by atoms with Gasteiger partial charge in [-0.1, -0.05) is 12.1 Å². The van der Waals surface area contributed by atoms with Gasteiger partial charge in [0.2, 0.25) is 5.91 Å². The van der Waals surface area contributed by atoms with Crippen molar-refractivity contribution in [3.63, 3.8) is 0 Å². The predicted molar refractivity (Wildman–Crippen MR) is 77.5 cm³/mol. The van der Waals surface area contributed by atoms with Crippen molar-refractivity contribution in [3.8, 4) is 0 Å². The number of nitrogens with one attached hydrogen (secondary N) is 1. The Hall–Kier alpha value is -2.71. The van der Waals surface area contributed by atoms with Gasteiger partial charge in [0.1, 0.15) is 0 Å². The predicted octanol–water partition coefficient (Wildman–Crippen LogP) is 2.97. The first-order chi connectivity index (χ1) is 11.3. The fourth-order valence-electron chi connectivity index (χ4n) is 2.89. The Kier molecular flexibility index (Phi) is 3.86. The third-order valence-corrected chi connectivity index (χ3v) is 3.88. The van der Waals surface area contributed by atoms with Crippen LogP contribution < -0.4 is 5.32 Å². The summed E-state index contributed by atoms with van der Waals surface area (Å²) in [5.74, 6) is -3.90. The third-order valence-electron chi connectivity index (χ3n) is 3.88. The first kappa shape index (κ1) is 16.2. The second-order valence-corrected chi connectivity index (χ2v) is 5.56. The molecule has 1 aromatic carbocycles. The van der Waals surface area contributed by atoms with Crippen LogP contribution in [0.2, 0.25) is 0 Å². The van der Waals surface area contributed by atoms with E-state index < -0.39 is 18.0 Å². The highest BCUT2D eigenvalue weighted by molar-refractivity contribution is 5.90. The zero-order chi connectivity index (χ0) is 17.5. The summed E-state index contributed by atoms with van der Waals surface area (Å²) >= 11 is 0. The van der Waals surface area contributed by atoms with Crippen molar-refractivity contribution >= 4 is 17.5 Å². The number of alkyl halides is 3. The molecule has 1 unspecified atom stereocenters. The molecule has 2 aliphatic rings. The largest absolute Gasteiger partial charge is 0.406 e. The molecule has 2 amide bonds. The number of nitrogens with zero attached hydrogens (tertiary/aromatic N) is 3. The minimum absolute atomic E-state index is 0.146. The Morgan fingerprint density at radius 2 is 2.08 bits per heavy atom. The summed E-state index contributed by atoms with van der Waals surface area (Å²) < 4.78 is 39.7. The lowest BCUT2D eigenvalue weighted by molar-refractivity contribution is -0.177. The van der Waals surface area contributed by atoms with E-state index in [4.69, 9.17) is 0 Å². The molecular formula is C15H13F3N4O2. The summed E-state index contributed by atoms with van der Waals surface area (Å²) in [5, 5.41) is 9.06. The molecule has 1 aromatic rings. The van der Waals surface area contributed by atoms with Gasteiger partial charge in [0.15, 0.2) is 5.92 Å². The number of anilines is 1. The van der Waals surface area contributed by atoms with E-state index in [0.717, 1.165) is 17.3 Å². The molecule has 2 aliphatic heterocycles. The van der Waals surface area contributed by atoms with E-state index >= 15 is 0 Å². The van der Waals surface area contributed by atoms with E-state index in [2.05, 4.69) is 15.5 Å². The van der Waals surface area contributed by atoms with E-state index in [1.165, 1.54) is 11.8 Å². The van der Waals surface area contributed by atoms with Gasteiger partial charge in [-0.3, -0.25) is 9.59 Å². The first-order valence-electron chi connectivity index (χ1n) is 7.12. The summed E-state index contributed by atoms with van der Waals surface area (Å²) in [6.07, 6.45) is -3.76. The number of carbonyl (C=O) groups is 2. The van der Waals surface area contributed by atoms with Gasteiger partial charge in [-0.15, -0.1) is 5.11 Å². The third kappa shape index (κ3) is 2.89. The Labute approximate surface area is 135 Å². The fraction of sp³-hybridized carbons (Fsp3) is 0.333. The standard InChI is InChI=1S/C15H13F3N4O2/c1-8(23)20-11-4-2-3-9-6-22(7-10(9)11)12-5-19-21-14(24)13(12)15(16,17)18/h2-5,13H,6-7H2,1H3,(H,20,23). The van der Waals surface area contributed by atoms with Crippen molar-refractivity contribution in [2.24, 2.45) is 16.1 Å². The van der Waals surface area contributed by atoms with Gasteiger partial charge < -0.3 is 10.2 Å². The number of amides is 2. The minimum Gasteiger partial charge on any atom is -0.364 e. The van der Waals surface area contributed by atoms with Crippen LogP contribution in [0.5, 0.6) is 0 Å². The van der Waals surface area contributed by atoms with E-state index in [-0.39, 0.29) is 24.7 Å². The summed E-state index contributed by atoms with van der Waals surface area (Å²) in [5.41, 5.74) is 1.84. The average molecular weight is 338 g/mol. The maximum absolute atomic E-state index is 13.2. The van der Waals surface area contributed by atoms with Crippen molar-refractivity contribution in [3.05, 3.63) is 41.2 Å². The molecule has 0 aromatic heterocycles. The smallest absolute Gasteiger partial charge is 0.364 e. The molecule has 24 heavy (non-hydrogen) atoms. The molecule has 9 heteroatoms. The van der Waals surface area contributed by atoms with Crippen molar-refractivity contribution in [1.29, 1.82) is 0 Å². The number of hydrogen-bond acceptors (Lipinski definition) is 4. The van der Waals surface area contributed by atoms with Crippen molar-refractivity contribution in [2.45, 2.75) is 26.2 Å². The van der Waals surface area contributed by atoms with Gasteiger partial charge in [0, 0.05) is 25.7 Å². The van der Waals surface area contributed by atoms with Gasteiger partial charge in [0.25, 0.3) is 5.91 Å². The molecule has 0 saturated heterocycles. The number of hydrogen-bond donors (Lipinski definition) is 1.